The molecule has 0 aromatic rings. The third-order valence-electron chi connectivity index (χ3n) is 5.58. The molecule has 0 saturated carbocycles. The zero-order valence-electron chi connectivity index (χ0n) is 22.0. The van der Waals surface area contributed by atoms with Gasteiger partial charge in [0.05, 0.1) is 0 Å². The van der Waals surface area contributed by atoms with Crippen molar-refractivity contribution < 1.29 is 24.9 Å². The molecule has 0 aliphatic rings. The number of carboxylic acid groups (broad SMARTS) is 1. The molecule has 0 radical (unpaired) electrons. The molecule has 0 aromatic heterocycles. The topological polar surface area (TPSA) is 110 Å². The van der Waals surface area contributed by atoms with Gasteiger partial charge in [0, 0.05) is 6.54 Å². The van der Waals surface area contributed by atoms with E-state index in [1.54, 1.807) is 0 Å². The number of carboxylic acids is 1. The fourth-order valence-corrected chi connectivity index (χ4v) is 3.41. The second-order valence-electron chi connectivity index (χ2n) is 9.36. The fraction of sp³-hybridized carbons (Fsp3) is 0.923. The number of carbonyl (C=O) groups is 2. The molecule has 0 aromatic carbocycles. The molecule has 198 valence electrons. The van der Waals surface area contributed by atoms with Crippen LogP contribution in [-0.2, 0) is 9.59 Å². The standard InChI is InChI=1S/C18H36O3.C8H18N2O2/c1-2-3-4-5-6-7-8-9-10-11-12-13-14-15-16-17(19)18(20)21;1-7(11)8(12)9-5-4-6-10(2)3/h17,19H,2-16H2,1H3,(H,20,21);7,11H,4-6H2,1-3H3,(H,9,12). The molecule has 0 saturated heterocycles. The number of aliphatic hydroxyl groups excluding tert-OH is 2. The lowest BCUT2D eigenvalue weighted by Crippen LogP contribution is -2.34. The van der Waals surface area contributed by atoms with Crippen molar-refractivity contribution in [2.24, 2.45) is 0 Å². The SMILES string of the molecule is CC(O)C(=O)NCCCN(C)C.CCCCCCCCCCCCCCCCC(O)C(=O)O. The second-order valence-corrected chi connectivity index (χ2v) is 9.36. The third-order valence-corrected chi connectivity index (χ3v) is 5.58. The predicted octanol–water partition coefficient (Wildman–Crippen LogP) is 4.74. The normalized spacial score (nSPS) is 12.7. The molecule has 0 aliphatic carbocycles. The number of hydrogen-bond acceptors (Lipinski definition) is 5. The van der Waals surface area contributed by atoms with Gasteiger partial charge in [-0.2, -0.15) is 0 Å². The maximum atomic E-state index is 10.8. The lowest BCUT2D eigenvalue weighted by atomic mass is 10.0. The van der Waals surface area contributed by atoms with Crippen LogP contribution < -0.4 is 5.32 Å². The molecule has 2 unspecified atom stereocenters. The first kappa shape index (κ1) is 34.0. The Bertz CT molecular complexity index is 444. The monoisotopic (exact) mass is 474 g/mol. The average molecular weight is 475 g/mol. The first-order chi connectivity index (χ1) is 15.7. The van der Waals surface area contributed by atoms with Gasteiger partial charge in [-0.3, -0.25) is 4.79 Å². The summed E-state index contributed by atoms with van der Waals surface area (Å²) in [6, 6.07) is 0. The number of aliphatic hydroxyl groups is 2. The van der Waals surface area contributed by atoms with Crippen LogP contribution in [0.3, 0.4) is 0 Å². The quantitative estimate of drug-likeness (QED) is 0.179. The number of hydrogen-bond donors (Lipinski definition) is 4. The van der Waals surface area contributed by atoms with Crippen LogP contribution in [-0.4, -0.2) is 71.5 Å². The highest BCUT2D eigenvalue weighted by Crippen LogP contribution is 2.13. The van der Waals surface area contributed by atoms with Gasteiger partial charge in [-0.05, 0) is 40.4 Å². The van der Waals surface area contributed by atoms with Crippen LogP contribution in [0.4, 0.5) is 0 Å². The molecule has 1 amide bonds. The minimum absolute atomic E-state index is 0.297. The van der Waals surface area contributed by atoms with E-state index in [0.29, 0.717) is 13.0 Å². The van der Waals surface area contributed by atoms with Crippen LogP contribution in [0.5, 0.6) is 0 Å². The van der Waals surface area contributed by atoms with Crippen LogP contribution in [0.25, 0.3) is 0 Å². The van der Waals surface area contributed by atoms with Crippen molar-refractivity contribution in [2.45, 2.75) is 129 Å². The van der Waals surface area contributed by atoms with Crippen LogP contribution in [0.1, 0.15) is 117 Å². The molecule has 7 nitrogen and oxygen atoms in total. The first-order valence-corrected chi connectivity index (χ1v) is 13.2. The first-order valence-electron chi connectivity index (χ1n) is 13.2. The summed E-state index contributed by atoms with van der Waals surface area (Å²) in [6.45, 7) is 5.29. The van der Waals surface area contributed by atoms with Gasteiger partial charge >= 0.3 is 5.97 Å². The molecule has 2 atom stereocenters. The Balaban J connectivity index is 0. The van der Waals surface area contributed by atoms with Gasteiger partial charge in [0.25, 0.3) is 0 Å². The van der Waals surface area contributed by atoms with Gasteiger partial charge < -0.3 is 25.5 Å². The van der Waals surface area contributed by atoms with Crippen LogP contribution >= 0.6 is 0 Å². The Hall–Kier alpha value is -1.18. The molecular weight excluding hydrogens is 420 g/mol. The van der Waals surface area contributed by atoms with E-state index in [2.05, 4.69) is 17.1 Å². The minimum atomic E-state index is -1.16. The molecule has 0 fully saturated rings. The highest BCUT2D eigenvalue weighted by molar-refractivity contribution is 5.79. The Kier molecular flexibility index (Phi) is 26.2. The van der Waals surface area contributed by atoms with Gasteiger partial charge in [0.2, 0.25) is 5.91 Å². The fourth-order valence-electron chi connectivity index (χ4n) is 3.41. The van der Waals surface area contributed by atoms with Crippen molar-refractivity contribution in [1.29, 1.82) is 0 Å². The van der Waals surface area contributed by atoms with Crippen LogP contribution in [0.15, 0.2) is 0 Å². The molecule has 0 heterocycles. The summed E-state index contributed by atoms with van der Waals surface area (Å²) in [5.74, 6) is -1.39. The Morgan fingerprint density at radius 3 is 1.55 bits per heavy atom. The Morgan fingerprint density at radius 2 is 1.18 bits per heavy atom. The molecule has 33 heavy (non-hydrogen) atoms. The van der Waals surface area contributed by atoms with Crippen molar-refractivity contribution in [3.05, 3.63) is 0 Å². The van der Waals surface area contributed by atoms with Crippen molar-refractivity contribution >= 4 is 11.9 Å². The van der Waals surface area contributed by atoms with Crippen LogP contribution in [0, 0.1) is 0 Å². The van der Waals surface area contributed by atoms with Gasteiger partial charge in [-0.1, -0.05) is 96.8 Å². The van der Waals surface area contributed by atoms with Crippen molar-refractivity contribution in [3.63, 3.8) is 0 Å². The number of nitrogens with zero attached hydrogens (tertiary/aromatic N) is 1. The lowest BCUT2D eigenvalue weighted by molar-refractivity contribution is -0.147. The molecule has 7 heteroatoms. The lowest BCUT2D eigenvalue weighted by Gasteiger charge is -2.10. The van der Waals surface area contributed by atoms with E-state index in [1.807, 2.05) is 14.1 Å². The number of unbranched alkanes of at least 4 members (excludes halogenated alkanes) is 13. The van der Waals surface area contributed by atoms with E-state index in [1.165, 1.54) is 84.0 Å². The molecule has 0 spiro atoms. The number of nitrogens with one attached hydrogen (secondary N) is 1. The van der Waals surface area contributed by atoms with Crippen LogP contribution in [0.2, 0.25) is 0 Å². The summed E-state index contributed by atoms with van der Waals surface area (Å²) >= 11 is 0. The number of rotatable bonds is 21. The number of carbonyl (C=O) groups excluding carboxylic acids is 1. The summed E-state index contributed by atoms with van der Waals surface area (Å²) in [4.78, 5) is 23.3. The Labute approximate surface area is 203 Å². The average Bonchev–Trinajstić information content (AvgIpc) is 2.76. The summed E-state index contributed by atoms with van der Waals surface area (Å²) in [5, 5.41) is 29.1. The minimum Gasteiger partial charge on any atom is -0.479 e. The highest BCUT2D eigenvalue weighted by atomic mass is 16.4. The van der Waals surface area contributed by atoms with Gasteiger partial charge in [-0.15, -0.1) is 0 Å². The van der Waals surface area contributed by atoms with Gasteiger partial charge in [0.15, 0.2) is 6.10 Å². The van der Waals surface area contributed by atoms with Gasteiger partial charge in [0.1, 0.15) is 6.10 Å². The van der Waals surface area contributed by atoms with Crippen molar-refractivity contribution in [2.75, 3.05) is 27.2 Å². The summed E-state index contributed by atoms with van der Waals surface area (Å²) in [6.07, 6.45) is 17.3. The van der Waals surface area contributed by atoms with E-state index in [-0.39, 0.29) is 5.91 Å². The molecule has 4 N–H and O–H groups in total. The zero-order valence-corrected chi connectivity index (χ0v) is 22.0. The van der Waals surface area contributed by atoms with Crippen molar-refractivity contribution in [3.8, 4) is 0 Å². The summed E-state index contributed by atoms with van der Waals surface area (Å²) < 4.78 is 0. The van der Waals surface area contributed by atoms with E-state index in [4.69, 9.17) is 15.3 Å². The second kappa shape index (κ2) is 25.4. The highest BCUT2D eigenvalue weighted by Gasteiger charge is 2.11. The van der Waals surface area contributed by atoms with E-state index < -0.39 is 18.2 Å². The summed E-state index contributed by atoms with van der Waals surface area (Å²) in [5.41, 5.74) is 0. The van der Waals surface area contributed by atoms with Crippen molar-refractivity contribution in [1.82, 2.24) is 10.2 Å². The molecule has 0 rings (SSSR count). The molecule has 0 aliphatic heterocycles. The van der Waals surface area contributed by atoms with E-state index in [0.717, 1.165) is 25.8 Å². The number of aliphatic carboxylic acids is 1. The van der Waals surface area contributed by atoms with E-state index >= 15 is 0 Å². The maximum absolute atomic E-state index is 10.8. The summed E-state index contributed by atoms with van der Waals surface area (Å²) in [7, 11) is 3.97. The predicted molar refractivity (Wildman–Crippen MR) is 136 cm³/mol. The third kappa shape index (κ3) is 28.8. The maximum Gasteiger partial charge on any atom is 0.332 e. The molecular formula is C26H54N2O5. The van der Waals surface area contributed by atoms with E-state index in [9.17, 15) is 9.59 Å². The Morgan fingerprint density at radius 1 is 0.758 bits per heavy atom. The van der Waals surface area contributed by atoms with Gasteiger partial charge in [-0.25, -0.2) is 4.79 Å². The molecule has 0 bridgehead atoms. The largest absolute Gasteiger partial charge is 0.479 e. The smallest absolute Gasteiger partial charge is 0.332 e. The zero-order chi connectivity index (χ0) is 25.3. The number of amides is 1.